The molecular weight excluding hydrogens is 337 g/mol. The predicted octanol–water partition coefficient (Wildman–Crippen LogP) is 1.35. The molecule has 8 heteroatoms. The molecule has 1 aromatic heterocycles. The highest BCUT2D eigenvalue weighted by Crippen LogP contribution is 2.25. The number of amides is 2. The lowest BCUT2D eigenvalue weighted by Crippen LogP contribution is -2.33. The third-order valence-electron chi connectivity index (χ3n) is 4.18. The molecule has 1 unspecified atom stereocenters. The van der Waals surface area contributed by atoms with Crippen LogP contribution in [0.2, 0.25) is 0 Å². The van der Waals surface area contributed by atoms with Crippen LogP contribution < -0.4 is 15.1 Å². The van der Waals surface area contributed by atoms with Gasteiger partial charge in [0.25, 0.3) is 0 Å². The van der Waals surface area contributed by atoms with Crippen molar-refractivity contribution < 1.29 is 14.0 Å². The molecule has 1 N–H and O–H groups in total. The number of aromatic nitrogens is 2. The Morgan fingerprint density at radius 1 is 1.31 bits per heavy atom. The molecule has 136 valence electrons. The van der Waals surface area contributed by atoms with Crippen LogP contribution in [-0.4, -0.2) is 42.4 Å². The Kier molecular flexibility index (Phi) is 5.11. The summed E-state index contributed by atoms with van der Waals surface area (Å²) in [6.45, 7) is 0.548. The SMILES string of the molecule is CN(C)c1nccc(CNC(=O)C2CC(=O)N(c3ccc(F)cc3)C2)n1. The number of carbonyl (C=O) groups is 2. The molecule has 3 rings (SSSR count). The van der Waals surface area contributed by atoms with Gasteiger partial charge in [0.15, 0.2) is 0 Å². The maximum absolute atomic E-state index is 13.0. The van der Waals surface area contributed by atoms with Gasteiger partial charge in [0.1, 0.15) is 5.82 Å². The number of nitrogens with one attached hydrogen (secondary N) is 1. The van der Waals surface area contributed by atoms with Gasteiger partial charge in [-0.1, -0.05) is 0 Å². The van der Waals surface area contributed by atoms with Crippen LogP contribution in [-0.2, 0) is 16.1 Å². The fraction of sp³-hybridized carbons (Fsp3) is 0.333. The van der Waals surface area contributed by atoms with Crippen LogP contribution >= 0.6 is 0 Å². The van der Waals surface area contributed by atoms with E-state index in [1.165, 1.54) is 29.2 Å². The summed E-state index contributed by atoms with van der Waals surface area (Å²) in [6.07, 6.45) is 1.77. The fourth-order valence-electron chi connectivity index (χ4n) is 2.77. The third kappa shape index (κ3) is 3.96. The predicted molar refractivity (Wildman–Crippen MR) is 95.1 cm³/mol. The average Bonchev–Trinajstić information content (AvgIpc) is 3.02. The van der Waals surface area contributed by atoms with Crippen LogP contribution in [0, 0.1) is 11.7 Å². The van der Waals surface area contributed by atoms with Crippen LogP contribution in [0.15, 0.2) is 36.5 Å². The van der Waals surface area contributed by atoms with E-state index < -0.39 is 5.92 Å². The number of hydrogen-bond donors (Lipinski definition) is 1. The van der Waals surface area contributed by atoms with Gasteiger partial charge in [-0.15, -0.1) is 0 Å². The van der Waals surface area contributed by atoms with Crippen LogP contribution in [0.1, 0.15) is 12.1 Å². The summed E-state index contributed by atoms with van der Waals surface area (Å²) >= 11 is 0. The van der Waals surface area contributed by atoms with Crippen molar-refractivity contribution in [3.8, 4) is 0 Å². The molecular formula is C18H20FN5O2. The van der Waals surface area contributed by atoms with Crippen molar-refractivity contribution in [1.29, 1.82) is 0 Å². The smallest absolute Gasteiger partial charge is 0.227 e. The van der Waals surface area contributed by atoms with Gasteiger partial charge in [-0.05, 0) is 30.3 Å². The summed E-state index contributed by atoms with van der Waals surface area (Å²) < 4.78 is 13.0. The number of halogens is 1. The Hall–Kier alpha value is -3.03. The normalized spacial score (nSPS) is 16.7. The van der Waals surface area contributed by atoms with E-state index in [4.69, 9.17) is 0 Å². The van der Waals surface area contributed by atoms with Crippen LogP contribution in [0.4, 0.5) is 16.0 Å². The zero-order chi connectivity index (χ0) is 18.7. The molecule has 1 aliphatic rings. The van der Waals surface area contributed by atoms with Gasteiger partial charge in [-0.25, -0.2) is 14.4 Å². The zero-order valence-electron chi connectivity index (χ0n) is 14.6. The molecule has 2 amide bonds. The molecule has 1 aliphatic heterocycles. The Bertz CT molecular complexity index is 809. The second-order valence-electron chi connectivity index (χ2n) is 6.34. The van der Waals surface area contributed by atoms with E-state index in [-0.39, 0.29) is 37.1 Å². The van der Waals surface area contributed by atoms with Gasteiger partial charge in [0.05, 0.1) is 18.2 Å². The molecule has 0 radical (unpaired) electrons. The van der Waals surface area contributed by atoms with Crippen molar-refractivity contribution in [3.63, 3.8) is 0 Å². The van der Waals surface area contributed by atoms with Crippen molar-refractivity contribution in [1.82, 2.24) is 15.3 Å². The molecule has 1 saturated heterocycles. The van der Waals surface area contributed by atoms with Crippen LogP contribution in [0.3, 0.4) is 0 Å². The van der Waals surface area contributed by atoms with Gasteiger partial charge in [-0.3, -0.25) is 9.59 Å². The number of nitrogens with zero attached hydrogens (tertiary/aromatic N) is 4. The van der Waals surface area contributed by atoms with Gasteiger partial charge in [-0.2, -0.15) is 0 Å². The van der Waals surface area contributed by atoms with Crippen molar-refractivity contribution in [3.05, 3.63) is 48.0 Å². The van der Waals surface area contributed by atoms with Gasteiger partial charge in [0.2, 0.25) is 17.8 Å². The summed E-state index contributed by atoms with van der Waals surface area (Å²) in [6, 6.07) is 7.41. The number of hydrogen-bond acceptors (Lipinski definition) is 5. The first-order valence-corrected chi connectivity index (χ1v) is 8.27. The second-order valence-corrected chi connectivity index (χ2v) is 6.34. The number of rotatable bonds is 5. The zero-order valence-corrected chi connectivity index (χ0v) is 14.6. The third-order valence-corrected chi connectivity index (χ3v) is 4.18. The summed E-state index contributed by atoms with van der Waals surface area (Å²) in [4.78, 5) is 36.4. The molecule has 1 atom stereocenters. The minimum absolute atomic E-state index is 0.135. The molecule has 0 saturated carbocycles. The molecule has 7 nitrogen and oxygen atoms in total. The standard InChI is InChI=1S/C18H20FN5O2/c1-23(2)18-20-8-7-14(22-18)10-21-17(26)12-9-16(25)24(11-12)15-5-3-13(19)4-6-15/h3-8,12H,9-11H2,1-2H3,(H,21,26). The highest BCUT2D eigenvalue weighted by atomic mass is 19.1. The second kappa shape index (κ2) is 7.47. The molecule has 2 aromatic rings. The highest BCUT2D eigenvalue weighted by Gasteiger charge is 2.35. The first-order valence-electron chi connectivity index (χ1n) is 8.27. The van der Waals surface area contributed by atoms with Crippen molar-refractivity contribution in [2.75, 3.05) is 30.4 Å². The molecule has 26 heavy (non-hydrogen) atoms. The number of benzene rings is 1. The fourth-order valence-corrected chi connectivity index (χ4v) is 2.77. The van der Waals surface area contributed by atoms with E-state index in [1.807, 2.05) is 14.1 Å². The molecule has 0 aliphatic carbocycles. The quantitative estimate of drug-likeness (QED) is 0.874. The van der Waals surface area contributed by atoms with Crippen molar-refractivity contribution in [2.45, 2.75) is 13.0 Å². The van der Waals surface area contributed by atoms with Gasteiger partial charge >= 0.3 is 0 Å². The topological polar surface area (TPSA) is 78.4 Å². The maximum atomic E-state index is 13.0. The monoisotopic (exact) mass is 357 g/mol. The molecule has 0 spiro atoms. The lowest BCUT2D eigenvalue weighted by Gasteiger charge is -2.16. The summed E-state index contributed by atoms with van der Waals surface area (Å²) in [5.41, 5.74) is 1.29. The van der Waals surface area contributed by atoms with Crippen LogP contribution in [0.5, 0.6) is 0 Å². The summed E-state index contributed by atoms with van der Waals surface area (Å²) in [5.74, 6) is -0.587. The lowest BCUT2D eigenvalue weighted by atomic mass is 10.1. The summed E-state index contributed by atoms with van der Waals surface area (Å²) in [7, 11) is 3.68. The Labute approximate surface area is 150 Å². The van der Waals surface area contributed by atoms with Gasteiger partial charge in [0, 0.05) is 38.9 Å². The largest absolute Gasteiger partial charge is 0.350 e. The van der Waals surface area contributed by atoms with Gasteiger partial charge < -0.3 is 15.1 Å². The van der Waals surface area contributed by atoms with E-state index in [1.54, 1.807) is 17.2 Å². The van der Waals surface area contributed by atoms with E-state index >= 15 is 0 Å². The van der Waals surface area contributed by atoms with E-state index in [0.29, 0.717) is 17.3 Å². The molecule has 1 aromatic carbocycles. The number of anilines is 2. The Morgan fingerprint density at radius 3 is 2.73 bits per heavy atom. The first-order chi connectivity index (χ1) is 12.4. The Morgan fingerprint density at radius 2 is 2.04 bits per heavy atom. The lowest BCUT2D eigenvalue weighted by molar-refractivity contribution is -0.126. The highest BCUT2D eigenvalue weighted by molar-refractivity contribution is 6.00. The molecule has 1 fully saturated rings. The number of carbonyl (C=O) groups excluding carboxylic acids is 2. The van der Waals surface area contributed by atoms with E-state index in [9.17, 15) is 14.0 Å². The maximum Gasteiger partial charge on any atom is 0.227 e. The van der Waals surface area contributed by atoms with E-state index in [2.05, 4.69) is 15.3 Å². The minimum atomic E-state index is -0.442. The molecule has 2 heterocycles. The van der Waals surface area contributed by atoms with Crippen molar-refractivity contribution in [2.24, 2.45) is 5.92 Å². The summed E-state index contributed by atoms with van der Waals surface area (Å²) in [5, 5.41) is 2.82. The average molecular weight is 357 g/mol. The molecule has 0 bridgehead atoms. The minimum Gasteiger partial charge on any atom is -0.350 e. The van der Waals surface area contributed by atoms with E-state index in [0.717, 1.165) is 0 Å². The first kappa shape index (κ1) is 17.8. The Balaban J connectivity index is 1.60. The van der Waals surface area contributed by atoms with Crippen molar-refractivity contribution >= 4 is 23.5 Å². The van der Waals surface area contributed by atoms with Crippen LogP contribution in [0.25, 0.3) is 0 Å².